The highest BCUT2D eigenvalue weighted by Crippen LogP contribution is 2.25. The lowest BCUT2D eigenvalue weighted by Gasteiger charge is -2.32. The SMILES string of the molecule is CCC(c1ccccc1)N(CC)C(=O)C(C)CN.Cl. The lowest BCUT2D eigenvalue weighted by Crippen LogP contribution is -2.40. The number of rotatable bonds is 6. The number of amides is 1. The minimum absolute atomic E-state index is 0. The van der Waals surface area contributed by atoms with Crippen molar-refractivity contribution in [2.45, 2.75) is 33.2 Å². The third kappa shape index (κ3) is 4.51. The van der Waals surface area contributed by atoms with E-state index >= 15 is 0 Å². The van der Waals surface area contributed by atoms with E-state index in [4.69, 9.17) is 5.73 Å². The number of benzene rings is 1. The normalized spacial score (nSPS) is 13.3. The van der Waals surface area contributed by atoms with Gasteiger partial charge in [-0.3, -0.25) is 4.79 Å². The number of carbonyl (C=O) groups excluding carboxylic acids is 1. The van der Waals surface area contributed by atoms with Crippen molar-refractivity contribution in [2.75, 3.05) is 13.1 Å². The molecule has 2 N–H and O–H groups in total. The van der Waals surface area contributed by atoms with E-state index in [2.05, 4.69) is 19.1 Å². The van der Waals surface area contributed by atoms with E-state index in [1.54, 1.807) is 0 Å². The second kappa shape index (κ2) is 8.94. The molecule has 0 aliphatic rings. The molecule has 2 unspecified atom stereocenters. The molecule has 19 heavy (non-hydrogen) atoms. The Morgan fingerprint density at radius 2 is 1.84 bits per heavy atom. The van der Waals surface area contributed by atoms with Gasteiger partial charge in [0.05, 0.1) is 6.04 Å². The monoisotopic (exact) mass is 284 g/mol. The maximum absolute atomic E-state index is 12.3. The highest BCUT2D eigenvalue weighted by molar-refractivity contribution is 5.85. The summed E-state index contributed by atoms with van der Waals surface area (Å²) in [6.07, 6.45) is 0.918. The van der Waals surface area contributed by atoms with Gasteiger partial charge in [0.2, 0.25) is 5.91 Å². The van der Waals surface area contributed by atoms with Crippen LogP contribution < -0.4 is 5.73 Å². The maximum Gasteiger partial charge on any atom is 0.227 e. The number of carbonyl (C=O) groups is 1. The van der Waals surface area contributed by atoms with Gasteiger partial charge in [-0.15, -0.1) is 12.4 Å². The molecule has 0 spiro atoms. The summed E-state index contributed by atoms with van der Waals surface area (Å²) < 4.78 is 0. The summed E-state index contributed by atoms with van der Waals surface area (Å²) in [6.45, 7) is 7.15. The minimum atomic E-state index is -0.109. The van der Waals surface area contributed by atoms with E-state index in [0.29, 0.717) is 6.54 Å². The number of nitrogens with two attached hydrogens (primary N) is 1. The van der Waals surface area contributed by atoms with E-state index in [0.717, 1.165) is 13.0 Å². The zero-order valence-corrected chi connectivity index (χ0v) is 12.8. The van der Waals surface area contributed by atoms with E-state index in [1.165, 1.54) is 5.56 Å². The van der Waals surface area contributed by atoms with Crippen molar-refractivity contribution in [1.29, 1.82) is 0 Å². The first-order valence-corrected chi connectivity index (χ1v) is 6.71. The van der Waals surface area contributed by atoms with Crippen LogP contribution in [-0.2, 0) is 4.79 Å². The fourth-order valence-corrected chi connectivity index (χ4v) is 2.22. The van der Waals surface area contributed by atoms with E-state index < -0.39 is 0 Å². The number of halogens is 1. The van der Waals surface area contributed by atoms with Crippen LogP contribution in [0.1, 0.15) is 38.8 Å². The van der Waals surface area contributed by atoms with E-state index in [-0.39, 0.29) is 30.3 Å². The first-order valence-electron chi connectivity index (χ1n) is 6.71. The predicted molar refractivity (Wildman–Crippen MR) is 82.3 cm³/mol. The van der Waals surface area contributed by atoms with Crippen LogP contribution in [0, 0.1) is 5.92 Å². The smallest absolute Gasteiger partial charge is 0.227 e. The Labute approximate surface area is 122 Å². The molecule has 4 heteroatoms. The molecule has 0 aromatic heterocycles. The second-order valence-corrected chi connectivity index (χ2v) is 4.60. The van der Waals surface area contributed by atoms with Gasteiger partial charge in [0, 0.05) is 19.0 Å². The van der Waals surface area contributed by atoms with Crippen LogP contribution in [0.2, 0.25) is 0 Å². The van der Waals surface area contributed by atoms with Crippen LogP contribution in [0.3, 0.4) is 0 Å². The average Bonchev–Trinajstić information content (AvgIpc) is 2.43. The van der Waals surface area contributed by atoms with Crippen molar-refractivity contribution in [3.05, 3.63) is 35.9 Å². The molecule has 0 aliphatic heterocycles. The Bertz CT molecular complexity index is 370. The third-order valence-corrected chi connectivity index (χ3v) is 3.35. The lowest BCUT2D eigenvalue weighted by atomic mass is 10.0. The number of hydrogen-bond donors (Lipinski definition) is 1. The Hall–Kier alpha value is -1.06. The maximum atomic E-state index is 12.3. The largest absolute Gasteiger partial charge is 0.336 e. The van der Waals surface area contributed by atoms with E-state index in [1.807, 2.05) is 36.9 Å². The predicted octanol–water partition coefficient (Wildman–Crippen LogP) is 3.00. The van der Waals surface area contributed by atoms with Crippen LogP contribution in [0.5, 0.6) is 0 Å². The molecule has 0 heterocycles. The summed E-state index contributed by atoms with van der Waals surface area (Å²) in [5.41, 5.74) is 6.79. The second-order valence-electron chi connectivity index (χ2n) is 4.60. The van der Waals surface area contributed by atoms with Crippen LogP contribution >= 0.6 is 12.4 Å². The van der Waals surface area contributed by atoms with E-state index in [9.17, 15) is 4.79 Å². The van der Waals surface area contributed by atoms with Crippen LogP contribution in [0.15, 0.2) is 30.3 Å². The summed E-state index contributed by atoms with van der Waals surface area (Å²) in [5, 5.41) is 0. The molecular formula is C15H25ClN2O. The molecule has 108 valence electrons. The van der Waals surface area contributed by atoms with Crippen LogP contribution in [0.25, 0.3) is 0 Å². The van der Waals surface area contributed by atoms with Crippen LogP contribution in [-0.4, -0.2) is 23.9 Å². The topological polar surface area (TPSA) is 46.3 Å². The molecule has 1 aromatic rings. The molecule has 0 saturated carbocycles. The quantitative estimate of drug-likeness (QED) is 0.873. The van der Waals surface area contributed by atoms with Crippen molar-refractivity contribution in [2.24, 2.45) is 11.7 Å². The number of nitrogens with zero attached hydrogens (tertiary/aromatic N) is 1. The summed E-state index contributed by atoms with van der Waals surface area (Å²) >= 11 is 0. The highest BCUT2D eigenvalue weighted by Gasteiger charge is 2.25. The first-order chi connectivity index (χ1) is 8.65. The van der Waals surface area contributed by atoms with Crippen molar-refractivity contribution < 1.29 is 4.79 Å². The minimum Gasteiger partial charge on any atom is -0.336 e. The highest BCUT2D eigenvalue weighted by atomic mass is 35.5. The Morgan fingerprint density at radius 3 is 2.26 bits per heavy atom. The van der Waals surface area contributed by atoms with Gasteiger partial charge in [-0.05, 0) is 18.9 Å². The molecule has 1 rings (SSSR count). The van der Waals surface area contributed by atoms with Gasteiger partial charge in [-0.25, -0.2) is 0 Å². The molecule has 0 aliphatic carbocycles. The van der Waals surface area contributed by atoms with Gasteiger partial charge in [0.25, 0.3) is 0 Å². The van der Waals surface area contributed by atoms with Crippen molar-refractivity contribution in [3.8, 4) is 0 Å². The molecule has 0 radical (unpaired) electrons. The molecule has 2 atom stereocenters. The fraction of sp³-hybridized carbons (Fsp3) is 0.533. The number of hydrogen-bond acceptors (Lipinski definition) is 2. The average molecular weight is 285 g/mol. The van der Waals surface area contributed by atoms with Crippen molar-refractivity contribution >= 4 is 18.3 Å². The van der Waals surface area contributed by atoms with Gasteiger partial charge in [0.15, 0.2) is 0 Å². The van der Waals surface area contributed by atoms with Gasteiger partial charge in [-0.2, -0.15) is 0 Å². The third-order valence-electron chi connectivity index (χ3n) is 3.35. The zero-order chi connectivity index (χ0) is 13.5. The van der Waals surface area contributed by atoms with Crippen molar-refractivity contribution in [1.82, 2.24) is 4.90 Å². The Morgan fingerprint density at radius 1 is 1.26 bits per heavy atom. The Balaban J connectivity index is 0.00000324. The lowest BCUT2D eigenvalue weighted by molar-refractivity contribution is -0.137. The van der Waals surface area contributed by atoms with Gasteiger partial charge < -0.3 is 10.6 Å². The summed E-state index contributed by atoms with van der Waals surface area (Å²) in [6, 6.07) is 10.3. The Kier molecular flexibility index (Phi) is 8.44. The molecule has 0 fully saturated rings. The van der Waals surface area contributed by atoms with Gasteiger partial charge >= 0.3 is 0 Å². The van der Waals surface area contributed by atoms with Crippen LogP contribution in [0.4, 0.5) is 0 Å². The fourth-order valence-electron chi connectivity index (χ4n) is 2.22. The molecule has 3 nitrogen and oxygen atoms in total. The molecular weight excluding hydrogens is 260 g/mol. The molecule has 1 aromatic carbocycles. The van der Waals surface area contributed by atoms with Crippen molar-refractivity contribution in [3.63, 3.8) is 0 Å². The molecule has 0 bridgehead atoms. The van der Waals surface area contributed by atoms with Gasteiger partial charge in [0.1, 0.15) is 0 Å². The molecule has 1 amide bonds. The first kappa shape index (κ1) is 17.9. The summed E-state index contributed by atoms with van der Waals surface area (Å²) in [7, 11) is 0. The summed E-state index contributed by atoms with van der Waals surface area (Å²) in [5.74, 6) is 0.0402. The molecule has 0 saturated heterocycles. The summed E-state index contributed by atoms with van der Waals surface area (Å²) in [4.78, 5) is 14.3. The zero-order valence-electron chi connectivity index (χ0n) is 12.0. The standard InChI is InChI=1S/C15H24N2O.ClH/c1-4-14(13-9-7-6-8-10-13)17(5-2)15(18)12(3)11-16;/h6-10,12,14H,4-5,11,16H2,1-3H3;1H. The van der Waals surface area contributed by atoms with Gasteiger partial charge in [-0.1, -0.05) is 44.2 Å².